The zero-order valence-corrected chi connectivity index (χ0v) is 18.1. The predicted octanol–water partition coefficient (Wildman–Crippen LogP) is 6.18. The number of rotatable bonds is 8. The molecule has 1 aromatic carbocycles. The lowest BCUT2D eigenvalue weighted by molar-refractivity contribution is -0.126. The van der Waals surface area contributed by atoms with Gasteiger partial charge in [0.1, 0.15) is 5.78 Å². The van der Waals surface area contributed by atoms with Gasteiger partial charge in [0.2, 0.25) is 0 Å². The third kappa shape index (κ3) is 4.35. The highest BCUT2D eigenvalue weighted by atomic mass is 35.5. The molecule has 1 aromatic rings. The van der Waals surface area contributed by atoms with Crippen LogP contribution in [0.3, 0.4) is 0 Å². The Bertz CT molecular complexity index is 699. The standard InChI is InChI=1S/C24H33ClO3/c1-24(2,14-28-22-5-4-19(25)11-23(22)27-3)13-20(26)12-21-17-7-15-6-16(9-17)10-18(21)8-15/h4-5,11,15-18,21H,6-10,12-14H2,1-3H3. The minimum atomic E-state index is -0.201. The van der Waals surface area contributed by atoms with Crippen molar-refractivity contribution in [2.45, 2.75) is 58.8 Å². The van der Waals surface area contributed by atoms with Gasteiger partial charge in [-0.3, -0.25) is 4.79 Å². The molecule has 3 nitrogen and oxygen atoms in total. The minimum absolute atomic E-state index is 0.201. The van der Waals surface area contributed by atoms with E-state index >= 15 is 0 Å². The Hall–Kier alpha value is -1.22. The molecule has 4 aliphatic rings. The van der Waals surface area contributed by atoms with Crippen LogP contribution >= 0.6 is 11.6 Å². The minimum Gasteiger partial charge on any atom is -0.493 e. The molecule has 154 valence electrons. The summed E-state index contributed by atoms with van der Waals surface area (Å²) in [6.45, 7) is 4.72. The van der Waals surface area contributed by atoms with Crippen molar-refractivity contribution >= 4 is 17.4 Å². The van der Waals surface area contributed by atoms with E-state index in [4.69, 9.17) is 21.1 Å². The lowest BCUT2D eigenvalue weighted by Gasteiger charge is -2.54. The largest absolute Gasteiger partial charge is 0.493 e. The molecule has 4 heteroatoms. The summed E-state index contributed by atoms with van der Waals surface area (Å²) in [6.07, 6.45) is 8.35. The molecule has 4 fully saturated rings. The van der Waals surface area contributed by atoms with Crippen LogP contribution in [0.2, 0.25) is 5.02 Å². The lowest BCUT2D eigenvalue weighted by atomic mass is 9.51. The molecule has 0 aliphatic heterocycles. The van der Waals surface area contributed by atoms with Crippen molar-refractivity contribution in [3.63, 3.8) is 0 Å². The summed E-state index contributed by atoms with van der Waals surface area (Å²) in [6, 6.07) is 5.37. The van der Waals surface area contributed by atoms with E-state index in [1.54, 1.807) is 19.2 Å². The van der Waals surface area contributed by atoms with Gasteiger partial charge in [-0.05, 0) is 73.8 Å². The van der Waals surface area contributed by atoms with E-state index in [1.807, 2.05) is 6.07 Å². The molecular formula is C24H33ClO3. The highest BCUT2D eigenvalue weighted by molar-refractivity contribution is 6.30. The molecule has 0 radical (unpaired) electrons. The monoisotopic (exact) mass is 404 g/mol. The maximum absolute atomic E-state index is 12.9. The smallest absolute Gasteiger partial charge is 0.162 e. The number of carbonyl (C=O) groups is 1. The van der Waals surface area contributed by atoms with Crippen LogP contribution in [0.1, 0.15) is 58.8 Å². The van der Waals surface area contributed by atoms with Gasteiger partial charge in [-0.1, -0.05) is 25.4 Å². The fraction of sp³-hybridized carbons (Fsp3) is 0.708. The molecule has 28 heavy (non-hydrogen) atoms. The van der Waals surface area contributed by atoms with Crippen molar-refractivity contribution in [3.8, 4) is 11.5 Å². The average Bonchev–Trinajstić information content (AvgIpc) is 2.62. The molecule has 0 heterocycles. The average molecular weight is 405 g/mol. The first kappa shape index (κ1) is 20.1. The lowest BCUT2D eigenvalue weighted by Crippen LogP contribution is -2.45. The second kappa shape index (κ2) is 7.89. The Labute approximate surface area is 174 Å². The molecular weight excluding hydrogens is 372 g/mol. The molecule has 0 N–H and O–H groups in total. The van der Waals surface area contributed by atoms with Crippen LogP contribution in [0.15, 0.2) is 18.2 Å². The van der Waals surface area contributed by atoms with E-state index in [1.165, 1.54) is 32.1 Å². The fourth-order valence-electron chi connectivity index (χ4n) is 6.32. The zero-order chi connectivity index (χ0) is 19.9. The maximum Gasteiger partial charge on any atom is 0.162 e. The van der Waals surface area contributed by atoms with E-state index < -0.39 is 0 Å². The highest BCUT2D eigenvalue weighted by Crippen LogP contribution is 2.57. The second-order valence-corrected chi connectivity index (χ2v) is 10.7. The van der Waals surface area contributed by atoms with Crippen LogP contribution in [0, 0.1) is 35.0 Å². The van der Waals surface area contributed by atoms with Crippen LogP contribution in [-0.4, -0.2) is 19.5 Å². The number of benzene rings is 1. The Kier molecular flexibility index (Phi) is 5.66. The summed E-state index contributed by atoms with van der Waals surface area (Å²) in [4.78, 5) is 12.9. The number of Topliss-reactive ketones (excluding diaryl/α,β-unsaturated/α-hetero) is 1. The third-order valence-corrected chi connectivity index (χ3v) is 7.54. The van der Waals surface area contributed by atoms with Gasteiger partial charge in [0.05, 0.1) is 13.7 Å². The Morgan fingerprint density at radius 2 is 1.71 bits per heavy atom. The van der Waals surface area contributed by atoms with Crippen LogP contribution in [0.4, 0.5) is 0 Å². The molecule has 0 aromatic heterocycles. The predicted molar refractivity (Wildman–Crippen MR) is 112 cm³/mol. The summed E-state index contributed by atoms with van der Waals surface area (Å²) in [5, 5.41) is 0.620. The first-order valence-electron chi connectivity index (χ1n) is 10.8. The number of ether oxygens (including phenoxy) is 2. The first-order chi connectivity index (χ1) is 13.3. The maximum atomic E-state index is 12.9. The summed E-state index contributed by atoms with van der Waals surface area (Å²) in [7, 11) is 1.61. The van der Waals surface area contributed by atoms with Gasteiger partial charge < -0.3 is 9.47 Å². The Morgan fingerprint density at radius 1 is 1.07 bits per heavy atom. The second-order valence-electron chi connectivity index (χ2n) is 10.3. The van der Waals surface area contributed by atoms with E-state index in [0.717, 1.165) is 30.1 Å². The van der Waals surface area contributed by atoms with E-state index in [9.17, 15) is 4.79 Å². The summed E-state index contributed by atoms with van der Waals surface area (Å²) >= 11 is 6.02. The molecule has 0 atom stereocenters. The summed E-state index contributed by atoms with van der Waals surface area (Å²) in [5.74, 6) is 5.93. The first-order valence-corrected chi connectivity index (χ1v) is 11.2. The summed E-state index contributed by atoms with van der Waals surface area (Å²) < 4.78 is 11.3. The van der Waals surface area contributed by atoms with Crippen LogP contribution < -0.4 is 9.47 Å². The van der Waals surface area contributed by atoms with Gasteiger partial charge in [-0.15, -0.1) is 0 Å². The molecule has 4 aliphatic carbocycles. The quantitative estimate of drug-likeness (QED) is 0.519. The normalized spacial score (nSPS) is 31.1. The third-order valence-electron chi connectivity index (χ3n) is 7.31. The molecule has 0 amide bonds. The van der Waals surface area contributed by atoms with Gasteiger partial charge in [0.25, 0.3) is 0 Å². The summed E-state index contributed by atoms with van der Waals surface area (Å²) in [5.41, 5.74) is -0.201. The SMILES string of the molecule is COc1cc(Cl)ccc1OCC(C)(C)CC(=O)CC1C2CC3CC(C2)CC1C3. The van der Waals surface area contributed by atoms with Gasteiger partial charge in [0, 0.05) is 29.3 Å². The number of hydrogen-bond acceptors (Lipinski definition) is 3. The van der Waals surface area contributed by atoms with Gasteiger partial charge in [0.15, 0.2) is 11.5 Å². The van der Waals surface area contributed by atoms with Gasteiger partial charge in [-0.25, -0.2) is 0 Å². The van der Waals surface area contributed by atoms with E-state index in [0.29, 0.717) is 41.3 Å². The molecule has 5 rings (SSSR count). The Balaban J connectivity index is 1.31. The van der Waals surface area contributed by atoms with Crippen LogP contribution in [-0.2, 0) is 4.79 Å². The topological polar surface area (TPSA) is 35.5 Å². The van der Waals surface area contributed by atoms with Crippen molar-refractivity contribution in [1.29, 1.82) is 0 Å². The molecule has 0 unspecified atom stereocenters. The molecule has 4 saturated carbocycles. The fourth-order valence-corrected chi connectivity index (χ4v) is 6.49. The molecule has 0 saturated heterocycles. The van der Waals surface area contributed by atoms with Gasteiger partial charge >= 0.3 is 0 Å². The van der Waals surface area contributed by atoms with E-state index in [-0.39, 0.29) is 5.41 Å². The number of methoxy groups -OCH3 is 1. The number of ketones is 1. The van der Waals surface area contributed by atoms with Crippen LogP contribution in [0.25, 0.3) is 0 Å². The number of hydrogen-bond donors (Lipinski definition) is 0. The zero-order valence-electron chi connectivity index (χ0n) is 17.4. The number of carbonyl (C=O) groups excluding carboxylic acids is 1. The van der Waals surface area contributed by atoms with Crippen molar-refractivity contribution in [3.05, 3.63) is 23.2 Å². The molecule has 0 spiro atoms. The van der Waals surface area contributed by atoms with Crippen molar-refractivity contribution < 1.29 is 14.3 Å². The molecule has 4 bridgehead atoms. The van der Waals surface area contributed by atoms with Crippen molar-refractivity contribution in [2.24, 2.45) is 35.0 Å². The highest BCUT2D eigenvalue weighted by Gasteiger charge is 2.48. The van der Waals surface area contributed by atoms with Crippen molar-refractivity contribution in [1.82, 2.24) is 0 Å². The van der Waals surface area contributed by atoms with Crippen LogP contribution in [0.5, 0.6) is 11.5 Å². The number of halogens is 1. The Morgan fingerprint density at radius 3 is 2.32 bits per heavy atom. The van der Waals surface area contributed by atoms with Gasteiger partial charge in [-0.2, -0.15) is 0 Å². The van der Waals surface area contributed by atoms with Crippen molar-refractivity contribution in [2.75, 3.05) is 13.7 Å². The van der Waals surface area contributed by atoms with E-state index in [2.05, 4.69) is 13.8 Å².